The molecule has 418 valence electrons. The maximum Gasteiger partial charge on any atom is 0.364 e. The first kappa shape index (κ1) is 60.5. The lowest BCUT2D eigenvalue weighted by Gasteiger charge is -2.46. The van der Waals surface area contributed by atoms with Crippen molar-refractivity contribution in [2.45, 2.75) is 113 Å². The lowest BCUT2D eigenvalue weighted by Crippen LogP contribution is -2.68. The lowest BCUT2D eigenvalue weighted by atomic mass is 9.88. The summed E-state index contributed by atoms with van der Waals surface area (Å²) in [6.45, 7) is 0.675. The normalized spacial score (nSPS) is 19.4. The van der Waals surface area contributed by atoms with E-state index in [4.69, 9.17) is 33.2 Å². The predicted molar refractivity (Wildman–Crippen MR) is 246 cm³/mol. The van der Waals surface area contributed by atoms with E-state index in [9.17, 15) is 66.7 Å². The minimum Gasteiger partial charge on any atom is -0.477 e. The number of amides is 2. The van der Waals surface area contributed by atoms with Gasteiger partial charge in [0.1, 0.15) is 24.5 Å². The molecular formula is C48H64F5N5O17. The average Bonchev–Trinajstić information content (AvgIpc) is 4.15. The van der Waals surface area contributed by atoms with Crippen LogP contribution in [0.25, 0.3) is 0 Å². The van der Waals surface area contributed by atoms with Crippen LogP contribution < -0.4 is 15.4 Å². The number of aliphatic hydroxyl groups excluding tert-OH is 4. The minimum absolute atomic E-state index is 0.000143. The molecule has 0 spiro atoms. The Hall–Kier alpha value is -5.33. The summed E-state index contributed by atoms with van der Waals surface area (Å²) in [4.78, 5) is 49.2. The second-order valence-electron chi connectivity index (χ2n) is 17.6. The summed E-state index contributed by atoms with van der Waals surface area (Å²) >= 11 is 0. The highest BCUT2D eigenvalue weighted by molar-refractivity contribution is 5.79. The fourth-order valence-corrected chi connectivity index (χ4v) is 7.58. The summed E-state index contributed by atoms with van der Waals surface area (Å²) in [7, 11) is 0. The number of hydrogen-bond donors (Lipinski definition) is 7. The monoisotopic (exact) mass is 1080 g/mol. The van der Waals surface area contributed by atoms with E-state index >= 15 is 0 Å². The fourth-order valence-electron chi connectivity index (χ4n) is 7.58. The third-order valence-electron chi connectivity index (χ3n) is 11.8. The van der Waals surface area contributed by atoms with E-state index < -0.39 is 121 Å². The number of carbonyl (C=O) groups excluding carboxylic acids is 3. The molecular weight excluding hydrogens is 1010 g/mol. The summed E-state index contributed by atoms with van der Waals surface area (Å²) in [6, 6.07) is 6.17. The number of carboxylic acid groups (broad SMARTS) is 1. The van der Waals surface area contributed by atoms with Crippen LogP contribution >= 0.6 is 0 Å². The van der Waals surface area contributed by atoms with Crippen LogP contribution in [0.2, 0.25) is 0 Å². The second kappa shape index (κ2) is 31.0. The van der Waals surface area contributed by atoms with Gasteiger partial charge in [0.15, 0.2) is 0 Å². The number of aliphatic hydroxyl groups is 4. The van der Waals surface area contributed by atoms with Crippen molar-refractivity contribution >= 4 is 23.8 Å². The number of aliphatic carboxylic acids is 1. The summed E-state index contributed by atoms with van der Waals surface area (Å²) < 4.78 is 111. The highest BCUT2D eigenvalue weighted by Gasteiger charge is 2.56. The molecule has 22 nitrogen and oxygen atoms in total. The van der Waals surface area contributed by atoms with Gasteiger partial charge in [-0.1, -0.05) is 42.3 Å². The number of nitrogens with zero attached hydrogens (tertiary/aromatic N) is 3. The van der Waals surface area contributed by atoms with E-state index in [1.165, 1.54) is 5.56 Å². The standard InChI is InChI=1S/C48H64F5N5O17/c49-38-39(50)41(52)45(42(53)40(38)51)74-37(64)11-15-68-17-19-70-21-22-71-20-18-69-16-12-58-26-32(56-57-58)28-72-13-3-1-2-4-14-73-48(47(66)67)24-33(60)43(55-36(63)27-59)46(75-48)44(65)34(61)25-54-35(62)23-29-5-7-30(8-6-29)31-9-10-31/h5-8,26,31,33-34,43-44,46,59-61,65H,1-4,9-25,27-28H2,(H,54,62)(H,55,63)(H,66,67)/t33-,34+,43?,44+,46+,48+/m1/s1. The third-order valence-corrected chi connectivity index (χ3v) is 11.8. The Morgan fingerprint density at radius 3 is 1.99 bits per heavy atom. The molecule has 2 heterocycles. The molecule has 75 heavy (non-hydrogen) atoms. The smallest absolute Gasteiger partial charge is 0.364 e. The van der Waals surface area contributed by atoms with Gasteiger partial charge in [0.05, 0.1) is 110 Å². The maximum atomic E-state index is 13.6. The van der Waals surface area contributed by atoms with E-state index in [1.54, 1.807) is 10.9 Å². The van der Waals surface area contributed by atoms with Crippen molar-refractivity contribution < 1.29 is 105 Å². The topological polar surface area (TPSA) is 298 Å². The second-order valence-corrected chi connectivity index (χ2v) is 17.6. The third kappa shape index (κ3) is 19.3. The Morgan fingerprint density at radius 2 is 1.37 bits per heavy atom. The van der Waals surface area contributed by atoms with Crippen LogP contribution in [-0.2, 0) is 71.9 Å². The van der Waals surface area contributed by atoms with Crippen LogP contribution in [0.4, 0.5) is 22.0 Å². The highest BCUT2D eigenvalue weighted by atomic mass is 19.2. The van der Waals surface area contributed by atoms with Gasteiger partial charge in [0, 0.05) is 19.6 Å². The number of ether oxygens (including phenoxy) is 8. The number of rotatable bonds is 36. The van der Waals surface area contributed by atoms with Crippen LogP contribution in [0, 0.1) is 29.1 Å². The van der Waals surface area contributed by atoms with Crippen molar-refractivity contribution in [3.8, 4) is 5.75 Å². The van der Waals surface area contributed by atoms with E-state index in [1.807, 2.05) is 24.3 Å². The predicted octanol–water partition coefficient (Wildman–Crippen LogP) is 1.50. The Bertz CT molecular complexity index is 2250. The molecule has 27 heteroatoms. The molecule has 1 saturated carbocycles. The average molecular weight is 1080 g/mol. The number of unbranched alkanes of at least 4 members (excludes halogenated alkanes) is 3. The number of nitrogens with one attached hydrogen (secondary N) is 2. The van der Waals surface area contributed by atoms with Gasteiger partial charge < -0.3 is 74.1 Å². The Labute approximate surface area is 427 Å². The summed E-state index contributed by atoms with van der Waals surface area (Å²) in [6.07, 6.45) is -1.96. The molecule has 1 saturated heterocycles. The molecule has 7 N–H and O–H groups in total. The SMILES string of the molecule is O=C(Cc1ccc(C2CC2)cc1)NC[C@H](O)[C@H](O)[C@H]1O[C@](OCCCCCCOCc2cn(CCOCCOCCOCCOCCC(=O)Oc3c(F)c(F)c(F)c(F)c3F)nn2)(C(=O)O)C[C@@H](O)C1NC(=O)CO. The van der Waals surface area contributed by atoms with Crippen molar-refractivity contribution in [2.75, 3.05) is 79.2 Å². The number of carbonyl (C=O) groups is 4. The van der Waals surface area contributed by atoms with Crippen molar-refractivity contribution in [1.82, 2.24) is 25.6 Å². The Kier molecular flexibility index (Phi) is 25.0. The largest absolute Gasteiger partial charge is 0.477 e. The molecule has 0 bridgehead atoms. The summed E-state index contributed by atoms with van der Waals surface area (Å²) in [5.41, 5.74) is 2.55. The summed E-state index contributed by atoms with van der Waals surface area (Å²) in [5.74, 6) is -19.3. The molecule has 2 fully saturated rings. The van der Waals surface area contributed by atoms with E-state index in [-0.39, 0.29) is 59.3 Å². The van der Waals surface area contributed by atoms with Crippen LogP contribution in [-0.4, -0.2) is 180 Å². The van der Waals surface area contributed by atoms with Crippen LogP contribution in [0.15, 0.2) is 30.5 Å². The molecule has 1 aliphatic carbocycles. The number of carboxylic acids is 1. The highest BCUT2D eigenvalue weighted by Crippen LogP contribution is 2.40. The van der Waals surface area contributed by atoms with E-state index in [2.05, 4.69) is 25.7 Å². The van der Waals surface area contributed by atoms with Crippen molar-refractivity contribution in [3.05, 3.63) is 76.4 Å². The first-order valence-electron chi connectivity index (χ1n) is 24.4. The lowest BCUT2D eigenvalue weighted by molar-refractivity contribution is -0.310. The van der Waals surface area contributed by atoms with Gasteiger partial charge in [0.25, 0.3) is 5.79 Å². The number of halogens is 5. The number of aromatic nitrogens is 3. The fraction of sp³-hybridized carbons (Fsp3) is 0.625. The summed E-state index contributed by atoms with van der Waals surface area (Å²) in [5, 5.41) is 65.7. The zero-order valence-corrected chi connectivity index (χ0v) is 41.0. The van der Waals surface area contributed by atoms with Crippen molar-refractivity contribution in [1.29, 1.82) is 0 Å². The molecule has 1 aromatic heterocycles. The molecule has 5 rings (SSSR count). The zero-order valence-electron chi connectivity index (χ0n) is 41.0. The molecule has 2 aliphatic rings. The van der Waals surface area contributed by atoms with E-state index in [0.717, 1.165) is 18.4 Å². The molecule has 1 aliphatic heterocycles. The quantitative estimate of drug-likeness (QED) is 0.0108. The van der Waals surface area contributed by atoms with Gasteiger partial charge in [-0.05, 0) is 42.7 Å². The van der Waals surface area contributed by atoms with Crippen molar-refractivity contribution in [2.24, 2.45) is 0 Å². The van der Waals surface area contributed by atoms with Gasteiger partial charge in [-0.15, -0.1) is 5.10 Å². The number of hydrogen-bond acceptors (Lipinski definition) is 18. The first-order chi connectivity index (χ1) is 36.0. The van der Waals surface area contributed by atoms with E-state index in [0.29, 0.717) is 63.7 Å². The van der Waals surface area contributed by atoms with Crippen LogP contribution in [0.5, 0.6) is 5.75 Å². The molecule has 6 atom stereocenters. The van der Waals surface area contributed by atoms with Gasteiger partial charge >= 0.3 is 11.9 Å². The maximum absolute atomic E-state index is 13.6. The zero-order chi connectivity index (χ0) is 54.3. The van der Waals surface area contributed by atoms with Gasteiger partial charge in [-0.25, -0.2) is 22.6 Å². The first-order valence-corrected chi connectivity index (χ1v) is 24.4. The van der Waals surface area contributed by atoms with Gasteiger partial charge in [0.2, 0.25) is 46.6 Å². The Morgan fingerprint density at radius 1 is 0.773 bits per heavy atom. The minimum atomic E-state index is -2.47. The van der Waals surface area contributed by atoms with Gasteiger partial charge in [-0.2, -0.15) is 8.78 Å². The molecule has 3 aromatic rings. The van der Waals surface area contributed by atoms with Crippen LogP contribution in [0.1, 0.15) is 74.1 Å². The van der Waals surface area contributed by atoms with Crippen LogP contribution in [0.3, 0.4) is 0 Å². The number of benzene rings is 2. The van der Waals surface area contributed by atoms with Gasteiger partial charge in [-0.3, -0.25) is 14.4 Å². The van der Waals surface area contributed by atoms with Crippen molar-refractivity contribution in [3.63, 3.8) is 0 Å². The molecule has 2 amide bonds. The molecule has 2 aromatic carbocycles. The Balaban J connectivity index is 0.874. The number of esters is 1. The molecule has 0 radical (unpaired) electrons. The molecule has 1 unspecified atom stereocenters.